The summed E-state index contributed by atoms with van der Waals surface area (Å²) in [5, 5.41) is 1.86. The van der Waals surface area contributed by atoms with E-state index in [-0.39, 0.29) is 19.0 Å². The normalized spacial score (nSPS) is 18.3. The Hall–Kier alpha value is -0.940. The molecule has 1 aliphatic heterocycles. The molecule has 16 heavy (non-hydrogen) atoms. The number of halogens is 1. The topological polar surface area (TPSA) is 29.5 Å². The number of ether oxygens (including phenoxy) is 1. The van der Waals surface area contributed by atoms with Crippen LogP contribution in [0.5, 0.6) is 0 Å². The van der Waals surface area contributed by atoms with Crippen molar-refractivity contribution in [3.8, 4) is 0 Å². The number of thiophene rings is 1. The molecular formula is C11H14FNO2S. The number of likely N-dealkylation sites (tertiary alicyclic amines) is 1. The van der Waals surface area contributed by atoms with Gasteiger partial charge in [-0.15, -0.1) is 11.3 Å². The molecule has 0 atom stereocenters. The molecule has 0 saturated carbocycles. The first-order valence-electron chi connectivity index (χ1n) is 5.07. The van der Waals surface area contributed by atoms with Crippen molar-refractivity contribution in [1.29, 1.82) is 0 Å². The molecule has 1 amide bonds. The number of carbonyl (C=O) groups is 1. The summed E-state index contributed by atoms with van der Waals surface area (Å²) in [6.07, 6.45) is 0. The van der Waals surface area contributed by atoms with E-state index in [2.05, 4.69) is 0 Å². The summed E-state index contributed by atoms with van der Waals surface area (Å²) in [4.78, 5) is 14.4. The van der Waals surface area contributed by atoms with E-state index < -0.39 is 5.67 Å². The summed E-state index contributed by atoms with van der Waals surface area (Å²) >= 11 is 1.49. The first kappa shape index (κ1) is 11.5. The molecule has 3 nitrogen and oxygen atoms in total. The second kappa shape index (κ2) is 4.14. The number of hydrogen-bond acceptors (Lipinski definition) is 3. The van der Waals surface area contributed by atoms with Crippen molar-refractivity contribution in [3.05, 3.63) is 21.9 Å². The Bertz CT molecular complexity index is 394. The quantitative estimate of drug-likeness (QED) is 0.813. The van der Waals surface area contributed by atoms with Gasteiger partial charge in [-0.25, -0.2) is 4.39 Å². The Morgan fingerprint density at radius 2 is 2.38 bits per heavy atom. The van der Waals surface area contributed by atoms with Crippen LogP contribution in [0.4, 0.5) is 4.39 Å². The van der Waals surface area contributed by atoms with Crippen LogP contribution in [-0.2, 0) is 11.3 Å². The Labute approximate surface area is 97.8 Å². The zero-order chi connectivity index (χ0) is 11.8. The summed E-state index contributed by atoms with van der Waals surface area (Å²) in [5.74, 6) is -0.0941. The van der Waals surface area contributed by atoms with Crippen molar-refractivity contribution < 1.29 is 13.9 Å². The van der Waals surface area contributed by atoms with Crippen molar-refractivity contribution in [2.75, 3.05) is 20.2 Å². The molecule has 0 aliphatic carbocycles. The number of hydrogen-bond donors (Lipinski definition) is 0. The van der Waals surface area contributed by atoms with Gasteiger partial charge in [0.1, 0.15) is 5.67 Å². The van der Waals surface area contributed by atoms with Crippen molar-refractivity contribution in [2.45, 2.75) is 19.2 Å². The van der Waals surface area contributed by atoms with E-state index in [0.717, 1.165) is 4.88 Å². The standard InChI is InChI=1S/C11H14FNO2S/c1-11(12)6-13(7-11)10(14)8-3-4-16-9(8)5-15-2/h3-4H,5-7H2,1-2H3. The number of alkyl halides is 1. The minimum Gasteiger partial charge on any atom is -0.379 e. The highest BCUT2D eigenvalue weighted by molar-refractivity contribution is 7.10. The van der Waals surface area contributed by atoms with Crippen LogP contribution < -0.4 is 0 Å². The van der Waals surface area contributed by atoms with E-state index in [4.69, 9.17) is 4.74 Å². The molecule has 1 saturated heterocycles. The Kier molecular flexibility index (Phi) is 2.99. The Morgan fingerprint density at radius 1 is 1.69 bits per heavy atom. The van der Waals surface area contributed by atoms with Crippen LogP contribution in [0.2, 0.25) is 0 Å². The lowest BCUT2D eigenvalue weighted by molar-refractivity contribution is -0.00798. The van der Waals surface area contributed by atoms with E-state index in [0.29, 0.717) is 12.2 Å². The fourth-order valence-electron chi connectivity index (χ4n) is 1.84. The predicted molar refractivity (Wildman–Crippen MR) is 60.4 cm³/mol. The van der Waals surface area contributed by atoms with E-state index in [1.54, 1.807) is 13.2 Å². The van der Waals surface area contributed by atoms with Gasteiger partial charge in [0, 0.05) is 12.0 Å². The summed E-state index contributed by atoms with van der Waals surface area (Å²) in [6, 6.07) is 1.77. The minimum absolute atomic E-state index is 0.0941. The highest BCUT2D eigenvalue weighted by Crippen LogP contribution is 2.28. The highest BCUT2D eigenvalue weighted by atomic mass is 32.1. The zero-order valence-corrected chi connectivity index (χ0v) is 10.1. The fraction of sp³-hybridized carbons (Fsp3) is 0.545. The van der Waals surface area contributed by atoms with Gasteiger partial charge in [0.15, 0.2) is 0 Å². The van der Waals surface area contributed by atoms with Crippen LogP contribution >= 0.6 is 11.3 Å². The number of nitrogens with zero attached hydrogens (tertiary/aromatic N) is 1. The van der Waals surface area contributed by atoms with Crippen molar-refractivity contribution in [2.24, 2.45) is 0 Å². The number of amides is 1. The molecule has 2 rings (SSSR count). The molecule has 1 fully saturated rings. The van der Waals surface area contributed by atoms with Gasteiger partial charge in [0.05, 0.1) is 25.3 Å². The molecule has 1 aromatic heterocycles. The van der Waals surface area contributed by atoms with Gasteiger partial charge < -0.3 is 9.64 Å². The van der Waals surface area contributed by atoms with E-state index in [9.17, 15) is 9.18 Å². The number of methoxy groups -OCH3 is 1. The average Bonchev–Trinajstić information content (AvgIpc) is 2.62. The molecule has 0 N–H and O–H groups in total. The SMILES string of the molecule is COCc1sccc1C(=O)N1CC(C)(F)C1. The lowest BCUT2D eigenvalue weighted by Crippen LogP contribution is -2.59. The van der Waals surface area contributed by atoms with Gasteiger partial charge in [-0.3, -0.25) is 4.79 Å². The third kappa shape index (κ3) is 2.10. The molecule has 0 aromatic carbocycles. The predicted octanol–water partition coefficient (Wildman–Crippen LogP) is 2.08. The number of carbonyl (C=O) groups excluding carboxylic acids is 1. The van der Waals surface area contributed by atoms with E-state index in [1.807, 2.05) is 5.38 Å². The van der Waals surface area contributed by atoms with Crippen LogP contribution in [0.1, 0.15) is 22.2 Å². The molecule has 0 bridgehead atoms. The summed E-state index contributed by atoms with van der Waals surface area (Å²) in [7, 11) is 1.59. The lowest BCUT2D eigenvalue weighted by Gasteiger charge is -2.42. The van der Waals surface area contributed by atoms with Crippen LogP contribution in [0.3, 0.4) is 0 Å². The molecule has 0 unspecified atom stereocenters. The molecule has 1 aliphatic rings. The second-order valence-electron chi connectivity index (χ2n) is 4.27. The summed E-state index contributed by atoms with van der Waals surface area (Å²) in [5.41, 5.74) is -0.574. The molecule has 0 radical (unpaired) electrons. The Balaban J connectivity index is 2.07. The fourth-order valence-corrected chi connectivity index (χ4v) is 2.67. The van der Waals surface area contributed by atoms with Gasteiger partial charge in [-0.2, -0.15) is 0 Å². The van der Waals surface area contributed by atoms with Gasteiger partial charge in [-0.05, 0) is 18.4 Å². The lowest BCUT2D eigenvalue weighted by atomic mass is 9.98. The molecule has 1 aromatic rings. The maximum absolute atomic E-state index is 13.3. The van der Waals surface area contributed by atoms with Crippen LogP contribution in [0.15, 0.2) is 11.4 Å². The smallest absolute Gasteiger partial charge is 0.255 e. The zero-order valence-electron chi connectivity index (χ0n) is 9.33. The molecule has 2 heterocycles. The molecular weight excluding hydrogens is 229 g/mol. The van der Waals surface area contributed by atoms with E-state index >= 15 is 0 Å². The maximum atomic E-state index is 13.3. The third-order valence-corrected chi connectivity index (χ3v) is 3.47. The molecule has 5 heteroatoms. The number of rotatable bonds is 3. The summed E-state index contributed by atoms with van der Waals surface area (Å²) < 4.78 is 18.3. The first-order valence-corrected chi connectivity index (χ1v) is 5.95. The van der Waals surface area contributed by atoms with Crippen LogP contribution in [0.25, 0.3) is 0 Å². The second-order valence-corrected chi connectivity index (χ2v) is 5.27. The summed E-state index contributed by atoms with van der Waals surface area (Å²) in [6.45, 7) is 2.32. The van der Waals surface area contributed by atoms with Crippen LogP contribution in [-0.4, -0.2) is 36.7 Å². The monoisotopic (exact) mass is 243 g/mol. The Morgan fingerprint density at radius 3 is 2.94 bits per heavy atom. The van der Waals surface area contributed by atoms with Gasteiger partial charge >= 0.3 is 0 Å². The van der Waals surface area contributed by atoms with Crippen molar-refractivity contribution in [3.63, 3.8) is 0 Å². The molecule has 88 valence electrons. The van der Waals surface area contributed by atoms with Crippen molar-refractivity contribution >= 4 is 17.2 Å². The van der Waals surface area contributed by atoms with Gasteiger partial charge in [0.25, 0.3) is 5.91 Å². The highest BCUT2D eigenvalue weighted by Gasteiger charge is 2.42. The first-order chi connectivity index (χ1) is 7.53. The largest absolute Gasteiger partial charge is 0.379 e. The average molecular weight is 243 g/mol. The van der Waals surface area contributed by atoms with Crippen molar-refractivity contribution in [1.82, 2.24) is 4.90 Å². The maximum Gasteiger partial charge on any atom is 0.255 e. The molecule has 0 spiro atoms. The van der Waals surface area contributed by atoms with E-state index in [1.165, 1.54) is 23.2 Å². The van der Waals surface area contributed by atoms with Gasteiger partial charge in [-0.1, -0.05) is 0 Å². The van der Waals surface area contributed by atoms with Gasteiger partial charge in [0.2, 0.25) is 0 Å². The third-order valence-electron chi connectivity index (χ3n) is 2.58. The minimum atomic E-state index is -1.22. The van der Waals surface area contributed by atoms with Crippen LogP contribution in [0, 0.1) is 0 Å².